The minimum absolute atomic E-state index is 0.0735. The Hall–Kier alpha value is -2.95. The van der Waals surface area contributed by atoms with Crippen molar-refractivity contribution >= 4 is 17.7 Å². The number of carbonyl (C=O) groups excluding carboxylic acids is 2. The second-order valence-corrected chi connectivity index (χ2v) is 8.26. The molecule has 158 valence electrons. The minimum Gasteiger partial charge on any atom is -0.480 e. The van der Waals surface area contributed by atoms with Crippen molar-refractivity contribution in [3.8, 4) is 0 Å². The Morgan fingerprint density at radius 3 is 2.30 bits per heavy atom. The van der Waals surface area contributed by atoms with Gasteiger partial charge in [0.05, 0.1) is 0 Å². The van der Waals surface area contributed by atoms with Gasteiger partial charge in [0.15, 0.2) is 0 Å². The summed E-state index contributed by atoms with van der Waals surface area (Å²) in [6, 6.07) is 16.8. The standard InChI is InChI=1S/C25H29NO4/c1-17(14-20(18(2)27)13-12-19-8-4-3-5-9-19)24(28)26-16-22-11-7-6-10-21(22)15-23(26)25(29)30/h3-11,17,20,23H,12-16H2,1-2H3,(H,29,30)/t17-,20-,23+/m1/s1. The summed E-state index contributed by atoms with van der Waals surface area (Å²) in [5.74, 6) is -1.74. The molecular weight excluding hydrogens is 378 g/mol. The smallest absolute Gasteiger partial charge is 0.326 e. The zero-order chi connectivity index (χ0) is 21.7. The van der Waals surface area contributed by atoms with Crippen LogP contribution in [0.5, 0.6) is 0 Å². The summed E-state index contributed by atoms with van der Waals surface area (Å²) in [5, 5.41) is 9.70. The van der Waals surface area contributed by atoms with Crippen molar-refractivity contribution < 1.29 is 19.5 Å². The first kappa shape index (κ1) is 21.8. The van der Waals surface area contributed by atoms with E-state index in [1.807, 2.05) is 54.6 Å². The zero-order valence-corrected chi connectivity index (χ0v) is 17.6. The molecule has 1 N–H and O–H groups in total. The summed E-state index contributed by atoms with van der Waals surface area (Å²) in [6.07, 6.45) is 2.21. The highest BCUT2D eigenvalue weighted by Gasteiger charge is 2.36. The van der Waals surface area contributed by atoms with Crippen molar-refractivity contribution in [3.63, 3.8) is 0 Å². The number of aryl methyl sites for hydroxylation is 1. The molecule has 1 aliphatic heterocycles. The molecule has 5 heteroatoms. The molecule has 0 radical (unpaired) electrons. The second-order valence-electron chi connectivity index (χ2n) is 8.26. The van der Waals surface area contributed by atoms with E-state index in [-0.39, 0.29) is 17.6 Å². The number of rotatable bonds is 8. The SMILES string of the molecule is CC(=O)[C@H](CCc1ccccc1)C[C@@H](C)C(=O)N1Cc2ccccc2C[C@H]1C(=O)O. The molecule has 5 nitrogen and oxygen atoms in total. The number of carboxylic acid groups (broad SMARTS) is 1. The van der Waals surface area contributed by atoms with Gasteiger partial charge < -0.3 is 10.0 Å². The van der Waals surface area contributed by atoms with Crippen LogP contribution in [0.4, 0.5) is 0 Å². The highest BCUT2D eigenvalue weighted by molar-refractivity contribution is 5.86. The van der Waals surface area contributed by atoms with Crippen LogP contribution in [-0.2, 0) is 33.8 Å². The van der Waals surface area contributed by atoms with E-state index in [0.717, 1.165) is 17.5 Å². The molecule has 3 atom stereocenters. The molecule has 30 heavy (non-hydrogen) atoms. The van der Waals surface area contributed by atoms with Crippen LogP contribution in [0.25, 0.3) is 0 Å². The number of carbonyl (C=O) groups is 3. The average molecular weight is 408 g/mol. The number of benzene rings is 2. The number of hydrogen-bond donors (Lipinski definition) is 1. The van der Waals surface area contributed by atoms with Crippen LogP contribution in [0.3, 0.4) is 0 Å². The van der Waals surface area contributed by atoms with Gasteiger partial charge in [-0.15, -0.1) is 0 Å². The highest BCUT2D eigenvalue weighted by atomic mass is 16.4. The maximum absolute atomic E-state index is 13.2. The Morgan fingerprint density at radius 2 is 1.67 bits per heavy atom. The molecule has 0 aromatic heterocycles. The van der Waals surface area contributed by atoms with Gasteiger partial charge in [-0.25, -0.2) is 4.79 Å². The average Bonchev–Trinajstić information content (AvgIpc) is 2.75. The first-order chi connectivity index (χ1) is 14.4. The maximum atomic E-state index is 13.2. The van der Waals surface area contributed by atoms with Crippen LogP contribution in [0.1, 0.15) is 43.4 Å². The number of aliphatic carboxylic acids is 1. The van der Waals surface area contributed by atoms with Gasteiger partial charge >= 0.3 is 5.97 Å². The van der Waals surface area contributed by atoms with E-state index in [4.69, 9.17) is 0 Å². The normalized spacial score (nSPS) is 17.7. The molecular formula is C25H29NO4. The monoisotopic (exact) mass is 407 g/mol. The lowest BCUT2D eigenvalue weighted by atomic mass is 9.86. The van der Waals surface area contributed by atoms with Crippen LogP contribution < -0.4 is 0 Å². The minimum atomic E-state index is -0.989. The number of ketones is 1. The molecule has 2 aromatic rings. The van der Waals surface area contributed by atoms with E-state index < -0.39 is 17.9 Å². The topological polar surface area (TPSA) is 74.7 Å². The number of amides is 1. The Kier molecular flexibility index (Phi) is 7.03. The Bertz CT molecular complexity index is 908. The molecule has 2 aromatic carbocycles. The number of Topliss-reactive ketones (excluding diaryl/α,β-unsaturated/α-hetero) is 1. The van der Waals surface area contributed by atoms with Crippen LogP contribution in [-0.4, -0.2) is 33.7 Å². The van der Waals surface area contributed by atoms with Crippen molar-refractivity contribution in [1.29, 1.82) is 0 Å². The molecule has 0 spiro atoms. The first-order valence-electron chi connectivity index (χ1n) is 10.5. The molecule has 0 saturated heterocycles. The molecule has 0 bridgehead atoms. The summed E-state index contributed by atoms with van der Waals surface area (Å²) in [6.45, 7) is 3.68. The Balaban J connectivity index is 1.69. The number of hydrogen-bond acceptors (Lipinski definition) is 3. The van der Waals surface area contributed by atoms with Crippen molar-refractivity contribution in [2.24, 2.45) is 11.8 Å². The third-order valence-corrected chi connectivity index (χ3v) is 6.08. The Labute approximate surface area is 177 Å². The van der Waals surface area contributed by atoms with Crippen molar-refractivity contribution in [2.45, 2.75) is 52.1 Å². The van der Waals surface area contributed by atoms with Gasteiger partial charge in [0.25, 0.3) is 0 Å². The third kappa shape index (κ3) is 5.15. The van der Waals surface area contributed by atoms with Gasteiger partial charge in [0.1, 0.15) is 11.8 Å². The molecule has 0 fully saturated rings. The van der Waals surface area contributed by atoms with Gasteiger partial charge in [-0.3, -0.25) is 9.59 Å². The predicted molar refractivity (Wildman–Crippen MR) is 115 cm³/mol. The lowest BCUT2D eigenvalue weighted by molar-refractivity contribution is -0.153. The van der Waals surface area contributed by atoms with Crippen LogP contribution >= 0.6 is 0 Å². The quantitative estimate of drug-likeness (QED) is 0.720. The number of carboxylic acids is 1. The molecule has 0 saturated carbocycles. The van der Waals surface area contributed by atoms with Crippen LogP contribution in [0.15, 0.2) is 54.6 Å². The summed E-state index contributed by atoms with van der Waals surface area (Å²) >= 11 is 0. The maximum Gasteiger partial charge on any atom is 0.326 e. The largest absolute Gasteiger partial charge is 0.480 e. The molecule has 1 amide bonds. The van der Waals surface area contributed by atoms with E-state index in [1.165, 1.54) is 10.5 Å². The van der Waals surface area contributed by atoms with E-state index >= 15 is 0 Å². The third-order valence-electron chi connectivity index (χ3n) is 6.08. The van der Waals surface area contributed by atoms with Gasteiger partial charge in [-0.1, -0.05) is 61.5 Å². The number of nitrogens with zero attached hydrogens (tertiary/aromatic N) is 1. The van der Waals surface area contributed by atoms with E-state index in [2.05, 4.69) is 0 Å². The van der Waals surface area contributed by atoms with Gasteiger partial charge in [-0.2, -0.15) is 0 Å². The lowest BCUT2D eigenvalue weighted by Crippen LogP contribution is -2.50. The van der Waals surface area contributed by atoms with Crippen LogP contribution in [0, 0.1) is 11.8 Å². The van der Waals surface area contributed by atoms with Gasteiger partial charge in [0, 0.05) is 24.8 Å². The summed E-state index contributed by atoms with van der Waals surface area (Å²) in [4.78, 5) is 38.7. The molecule has 0 unspecified atom stereocenters. The van der Waals surface area contributed by atoms with E-state index in [0.29, 0.717) is 25.8 Å². The second kappa shape index (κ2) is 9.70. The zero-order valence-electron chi connectivity index (χ0n) is 17.6. The summed E-state index contributed by atoms with van der Waals surface area (Å²) in [5.41, 5.74) is 3.13. The fraction of sp³-hybridized carbons (Fsp3) is 0.400. The molecule has 3 rings (SSSR count). The van der Waals surface area contributed by atoms with Crippen molar-refractivity contribution in [2.75, 3.05) is 0 Å². The fourth-order valence-electron chi connectivity index (χ4n) is 4.26. The molecule has 0 aliphatic carbocycles. The van der Waals surface area contributed by atoms with Crippen molar-refractivity contribution in [1.82, 2.24) is 4.90 Å². The van der Waals surface area contributed by atoms with Crippen molar-refractivity contribution in [3.05, 3.63) is 71.3 Å². The predicted octanol–water partition coefficient (Wildman–Crippen LogP) is 3.89. The Morgan fingerprint density at radius 1 is 1.03 bits per heavy atom. The summed E-state index contributed by atoms with van der Waals surface area (Å²) < 4.78 is 0. The molecule has 1 heterocycles. The first-order valence-corrected chi connectivity index (χ1v) is 10.5. The lowest BCUT2D eigenvalue weighted by Gasteiger charge is -2.36. The van der Waals surface area contributed by atoms with E-state index in [9.17, 15) is 19.5 Å². The summed E-state index contributed by atoms with van der Waals surface area (Å²) in [7, 11) is 0. The molecule has 1 aliphatic rings. The fourth-order valence-corrected chi connectivity index (χ4v) is 4.26. The van der Waals surface area contributed by atoms with Crippen LogP contribution in [0.2, 0.25) is 0 Å². The highest BCUT2D eigenvalue weighted by Crippen LogP contribution is 2.27. The van der Waals surface area contributed by atoms with E-state index in [1.54, 1.807) is 13.8 Å². The number of fused-ring (bicyclic) bond motifs is 1. The van der Waals surface area contributed by atoms with Gasteiger partial charge in [-0.05, 0) is 42.9 Å². The van der Waals surface area contributed by atoms with Gasteiger partial charge in [0.2, 0.25) is 5.91 Å².